The number of halogens is 3. The summed E-state index contributed by atoms with van der Waals surface area (Å²) in [4.78, 5) is 10.7. The standard InChI is InChI=1S/C19H22F3NO3/c20-19(21,22)18(26)23-11-10-17(25)15-6-3-4-13(12-15)8-9-14-5-1-2-7-16(14)24/h3-4,6,12,14,16-17,24-25H,1-2,5,7,10-11H2,(H,23,26). The lowest BCUT2D eigenvalue weighted by atomic mass is 9.87. The number of benzene rings is 1. The summed E-state index contributed by atoms with van der Waals surface area (Å²) in [6.07, 6.45) is -2.74. The highest BCUT2D eigenvalue weighted by atomic mass is 19.4. The van der Waals surface area contributed by atoms with Crippen LogP contribution in [0.25, 0.3) is 0 Å². The minimum absolute atomic E-state index is 0.0416. The number of nitrogens with one attached hydrogen (secondary N) is 1. The predicted octanol–water partition coefficient (Wildman–Crippen LogP) is 2.69. The second-order valence-electron chi connectivity index (χ2n) is 6.41. The first-order valence-corrected chi connectivity index (χ1v) is 8.60. The molecule has 0 aliphatic heterocycles. The molecule has 0 aromatic heterocycles. The quantitative estimate of drug-likeness (QED) is 0.715. The third-order valence-electron chi connectivity index (χ3n) is 4.36. The van der Waals surface area contributed by atoms with E-state index in [1.54, 1.807) is 29.6 Å². The summed E-state index contributed by atoms with van der Waals surface area (Å²) in [5, 5.41) is 21.8. The van der Waals surface area contributed by atoms with Gasteiger partial charge in [0.25, 0.3) is 0 Å². The summed E-state index contributed by atoms with van der Waals surface area (Å²) >= 11 is 0. The van der Waals surface area contributed by atoms with E-state index in [0.717, 1.165) is 25.7 Å². The molecule has 0 bridgehead atoms. The molecule has 1 aliphatic carbocycles. The highest BCUT2D eigenvalue weighted by Crippen LogP contribution is 2.24. The largest absolute Gasteiger partial charge is 0.471 e. The maximum Gasteiger partial charge on any atom is 0.471 e. The number of carbonyl (C=O) groups is 1. The molecular weight excluding hydrogens is 347 g/mol. The Bertz CT molecular complexity index is 679. The number of hydrogen-bond donors (Lipinski definition) is 3. The molecule has 0 spiro atoms. The van der Waals surface area contributed by atoms with Gasteiger partial charge in [-0.3, -0.25) is 4.79 Å². The van der Waals surface area contributed by atoms with E-state index in [4.69, 9.17) is 0 Å². The lowest BCUT2D eigenvalue weighted by Gasteiger charge is -2.22. The number of rotatable bonds is 4. The Kier molecular flexibility index (Phi) is 7.06. The lowest BCUT2D eigenvalue weighted by Crippen LogP contribution is -2.37. The van der Waals surface area contributed by atoms with Crippen molar-refractivity contribution in [2.75, 3.05) is 6.54 Å². The van der Waals surface area contributed by atoms with E-state index in [1.807, 2.05) is 0 Å². The highest BCUT2D eigenvalue weighted by molar-refractivity contribution is 5.81. The summed E-state index contributed by atoms with van der Waals surface area (Å²) in [5.41, 5.74) is 1.18. The molecule has 3 N–H and O–H groups in total. The van der Waals surface area contributed by atoms with Crippen LogP contribution in [0.3, 0.4) is 0 Å². The summed E-state index contributed by atoms with van der Waals surface area (Å²) < 4.78 is 36.3. The van der Waals surface area contributed by atoms with Gasteiger partial charge in [0.2, 0.25) is 0 Å². The number of carbonyl (C=O) groups excluding carboxylic acids is 1. The SMILES string of the molecule is O=C(NCCC(O)c1cccc(C#CC2CCCCC2O)c1)C(F)(F)F. The van der Waals surface area contributed by atoms with E-state index < -0.39 is 24.3 Å². The van der Waals surface area contributed by atoms with Crippen molar-refractivity contribution >= 4 is 5.91 Å². The molecule has 0 saturated heterocycles. The Morgan fingerprint density at radius 3 is 2.73 bits per heavy atom. The van der Waals surface area contributed by atoms with E-state index in [2.05, 4.69) is 11.8 Å². The lowest BCUT2D eigenvalue weighted by molar-refractivity contribution is -0.173. The maximum atomic E-state index is 12.1. The summed E-state index contributed by atoms with van der Waals surface area (Å²) in [6, 6.07) is 6.79. The van der Waals surface area contributed by atoms with Crippen LogP contribution in [0.1, 0.15) is 49.3 Å². The van der Waals surface area contributed by atoms with Crippen LogP contribution < -0.4 is 5.32 Å². The van der Waals surface area contributed by atoms with Crippen LogP contribution in [0.15, 0.2) is 24.3 Å². The van der Waals surface area contributed by atoms with Crippen molar-refractivity contribution in [3.05, 3.63) is 35.4 Å². The van der Waals surface area contributed by atoms with Crippen LogP contribution in [-0.4, -0.2) is 34.9 Å². The average Bonchev–Trinajstić information content (AvgIpc) is 2.60. The molecule has 1 fully saturated rings. The molecule has 1 saturated carbocycles. The van der Waals surface area contributed by atoms with Gasteiger partial charge in [0.15, 0.2) is 0 Å². The maximum absolute atomic E-state index is 12.1. The van der Waals surface area contributed by atoms with Crippen LogP contribution in [-0.2, 0) is 4.79 Å². The van der Waals surface area contributed by atoms with Crippen molar-refractivity contribution in [2.45, 2.75) is 50.5 Å². The Morgan fingerprint density at radius 2 is 2.04 bits per heavy atom. The predicted molar refractivity (Wildman–Crippen MR) is 89.9 cm³/mol. The number of amides is 1. The Morgan fingerprint density at radius 1 is 1.31 bits per heavy atom. The minimum Gasteiger partial charge on any atom is -0.392 e. The van der Waals surface area contributed by atoms with Crippen molar-refractivity contribution < 1.29 is 28.2 Å². The van der Waals surface area contributed by atoms with Crippen molar-refractivity contribution in [3.8, 4) is 11.8 Å². The number of alkyl halides is 3. The molecule has 26 heavy (non-hydrogen) atoms. The molecule has 7 heteroatoms. The fourth-order valence-corrected chi connectivity index (χ4v) is 2.87. The van der Waals surface area contributed by atoms with Crippen molar-refractivity contribution in [2.24, 2.45) is 5.92 Å². The van der Waals surface area contributed by atoms with Crippen molar-refractivity contribution in [1.82, 2.24) is 5.32 Å². The van der Waals surface area contributed by atoms with Gasteiger partial charge >= 0.3 is 12.1 Å². The van der Waals surface area contributed by atoms with Gasteiger partial charge in [0.05, 0.1) is 12.2 Å². The molecule has 1 aliphatic rings. The molecule has 1 aromatic carbocycles. The fraction of sp³-hybridized carbons (Fsp3) is 0.526. The normalized spacial score (nSPS) is 21.4. The average molecular weight is 369 g/mol. The van der Waals surface area contributed by atoms with E-state index in [1.165, 1.54) is 0 Å². The van der Waals surface area contributed by atoms with Gasteiger partial charge < -0.3 is 15.5 Å². The smallest absolute Gasteiger partial charge is 0.392 e. The molecule has 0 radical (unpaired) electrons. The Labute approximate surface area is 150 Å². The van der Waals surface area contributed by atoms with Gasteiger partial charge in [-0.25, -0.2) is 0 Å². The van der Waals surface area contributed by atoms with Crippen molar-refractivity contribution in [3.63, 3.8) is 0 Å². The van der Waals surface area contributed by atoms with Gasteiger partial charge in [-0.05, 0) is 37.0 Å². The van der Waals surface area contributed by atoms with Gasteiger partial charge in [-0.2, -0.15) is 13.2 Å². The van der Waals surface area contributed by atoms with E-state index in [0.29, 0.717) is 11.1 Å². The van der Waals surface area contributed by atoms with Gasteiger partial charge in [-0.15, -0.1) is 0 Å². The third kappa shape index (κ3) is 6.04. The van der Waals surface area contributed by atoms with Crippen LogP contribution in [0.5, 0.6) is 0 Å². The molecule has 3 atom stereocenters. The number of hydrogen-bond acceptors (Lipinski definition) is 3. The molecule has 1 aromatic rings. The molecule has 3 unspecified atom stereocenters. The number of aliphatic hydroxyl groups is 2. The minimum atomic E-state index is -4.93. The Balaban J connectivity index is 1.92. The van der Waals surface area contributed by atoms with Crippen LogP contribution in [0, 0.1) is 17.8 Å². The molecular formula is C19H22F3NO3. The second kappa shape index (κ2) is 9.06. The first-order valence-electron chi connectivity index (χ1n) is 8.60. The monoisotopic (exact) mass is 369 g/mol. The van der Waals surface area contributed by atoms with Crippen LogP contribution in [0.4, 0.5) is 13.2 Å². The van der Waals surface area contributed by atoms with Gasteiger partial charge in [0.1, 0.15) is 0 Å². The van der Waals surface area contributed by atoms with Gasteiger partial charge in [-0.1, -0.05) is 36.8 Å². The summed E-state index contributed by atoms with van der Waals surface area (Å²) in [6.45, 7) is -0.288. The van der Waals surface area contributed by atoms with Crippen LogP contribution >= 0.6 is 0 Å². The third-order valence-corrected chi connectivity index (χ3v) is 4.36. The second-order valence-corrected chi connectivity index (χ2v) is 6.41. The highest BCUT2D eigenvalue weighted by Gasteiger charge is 2.38. The number of aliphatic hydroxyl groups excluding tert-OH is 2. The first kappa shape index (κ1) is 20.3. The molecule has 1 amide bonds. The summed E-state index contributed by atoms with van der Waals surface area (Å²) in [7, 11) is 0. The van der Waals surface area contributed by atoms with E-state index >= 15 is 0 Å². The van der Waals surface area contributed by atoms with Gasteiger partial charge in [0, 0.05) is 18.0 Å². The zero-order valence-corrected chi connectivity index (χ0v) is 14.2. The topological polar surface area (TPSA) is 69.6 Å². The molecule has 4 nitrogen and oxygen atoms in total. The molecule has 0 heterocycles. The molecule has 2 rings (SSSR count). The van der Waals surface area contributed by atoms with E-state index in [9.17, 15) is 28.2 Å². The Hall–Kier alpha value is -2.04. The zero-order chi connectivity index (χ0) is 19.2. The van der Waals surface area contributed by atoms with Crippen molar-refractivity contribution in [1.29, 1.82) is 0 Å². The first-order chi connectivity index (χ1) is 12.3. The molecule has 142 valence electrons. The summed E-state index contributed by atoms with van der Waals surface area (Å²) in [5.74, 6) is 3.98. The fourth-order valence-electron chi connectivity index (χ4n) is 2.87. The van der Waals surface area contributed by atoms with Crippen LogP contribution in [0.2, 0.25) is 0 Å². The zero-order valence-electron chi connectivity index (χ0n) is 14.2. The van der Waals surface area contributed by atoms with E-state index in [-0.39, 0.29) is 18.9 Å².